The van der Waals surface area contributed by atoms with Crippen molar-refractivity contribution in [3.8, 4) is 0 Å². The molecule has 3 aromatic rings. The lowest BCUT2D eigenvalue weighted by Crippen LogP contribution is -2.22. The van der Waals surface area contributed by atoms with Crippen LogP contribution in [0.5, 0.6) is 0 Å². The molecular formula is C22H22FN3O2S. The fourth-order valence-corrected chi connectivity index (χ4v) is 4.64. The van der Waals surface area contributed by atoms with Crippen molar-refractivity contribution in [2.24, 2.45) is 5.10 Å². The predicted molar refractivity (Wildman–Crippen MR) is 112 cm³/mol. The molecule has 0 radical (unpaired) electrons. The molecule has 0 spiro atoms. The van der Waals surface area contributed by atoms with E-state index >= 15 is 0 Å². The Morgan fingerprint density at radius 1 is 1.07 bits per heavy atom. The third-order valence-electron chi connectivity index (χ3n) is 5.41. The predicted octanol–water partition coefficient (Wildman–Crippen LogP) is 4.67. The number of nitrogens with one attached hydrogen (secondary N) is 1. The number of aryl methyl sites for hydroxylation is 1. The van der Waals surface area contributed by atoms with E-state index < -0.39 is 10.0 Å². The second kappa shape index (κ2) is 7.91. The summed E-state index contributed by atoms with van der Waals surface area (Å²) in [5.41, 5.74) is 3.32. The molecule has 0 unspecified atom stereocenters. The number of hydrogen-bond donors (Lipinski definition) is 1. The molecule has 2 aromatic carbocycles. The van der Waals surface area contributed by atoms with Crippen molar-refractivity contribution in [3.05, 3.63) is 71.7 Å². The minimum Gasteiger partial charge on any atom is -0.253 e. The van der Waals surface area contributed by atoms with Crippen molar-refractivity contribution in [3.63, 3.8) is 0 Å². The summed E-state index contributed by atoms with van der Waals surface area (Å²) in [4.78, 5) is 6.72. The molecule has 0 amide bonds. The van der Waals surface area contributed by atoms with E-state index in [0.717, 1.165) is 35.1 Å². The lowest BCUT2D eigenvalue weighted by atomic mass is 9.82. The summed E-state index contributed by atoms with van der Waals surface area (Å²) in [5, 5.41) is 5.01. The van der Waals surface area contributed by atoms with Gasteiger partial charge >= 0.3 is 0 Å². The van der Waals surface area contributed by atoms with Crippen LogP contribution in [0.1, 0.15) is 42.7 Å². The summed E-state index contributed by atoms with van der Waals surface area (Å²) in [7, 11) is -3.66. The molecule has 1 aliphatic carbocycles. The number of hydrazone groups is 1. The number of benzene rings is 2. The van der Waals surface area contributed by atoms with E-state index in [1.165, 1.54) is 6.07 Å². The number of nitrogens with zero attached hydrogens (tertiary/aromatic N) is 2. The van der Waals surface area contributed by atoms with E-state index in [1.54, 1.807) is 36.5 Å². The van der Waals surface area contributed by atoms with E-state index in [2.05, 4.69) is 14.9 Å². The highest BCUT2D eigenvalue weighted by Crippen LogP contribution is 2.35. The Bertz CT molecular complexity index is 1160. The zero-order valence-corrected chi connectivity index (χ0v) is 16.9. The largest absolute Gasteiger partial charge is 0.276 e. The Hall–Kier alpha value is -2.80. The molecule has 1 aromatic heterocycles. The summed E-state index contributed by atoms with van der Waals surface area (Å²) in [5.74, 6) is -0.0390. The van der Waals surface area contributed by atoms with Crippen LogP contribution in [0.15, 0.2) is 64.7 Å². The number of para-hydroxylation sites is 1. The first-order valence-electron chi connectivity index (χ1n) is 9.61. The molecule has 0 bridgehead atoms. The summed E-state index contributed by atoms with van der Waals surface area (Å²) < 4.78 is 38.8. The van der Waals surface area contributed by atoms with Gasteiger partial charge in [-0.05, 0) is 68.4 Å². The maximum Gasteiger partial charge on any atom is 0.276 e. The Labute approximate surface area is 169 Å². The van der Waals surface area contributed by atoms with Gasteiger partial charge in [-0.25, -0.2) is 9.22 Å². The topological polar surface area (TPSA) is 71.4 Å². The standard InChI is InChI=1S/C22H22FN3O2S/c1-15-5-11-18(12-6-15)29(27,28)26-25-17-9-7-16(8-10-17)19-13-14-24-22-20(19)3-2-4-21(22)23/h2-6,11-14,16,26H,7-10H2,1H3. The molecule has 7 heteroatoms. The molecule has 1 fully saturated rings. The van der Waals surface area contributed by atoms with E-state index in [9.17, 15) is 12.8 Å². The number of pyridine rings is 1. The number of rotatable bonds is 4. The smallest absolute Gasteiger partial charge is 0.253 e. The molecule has 5 nitrogen and oxygen atoms in total. The summed E-state index contributed by atoms with van der Waals surface area (Å²) in [6.07, 6.45) is 4.71. The highest BCUT2D eigenvalue weighted by atomic mass is 32.2. The fourth-order valence-electron chi connectivity index (χ4n) is 3.79. The Balaban J connectivity index is 1.46. The lowest BCUT2D eigenvalue weighted by Gasteiger charge is -2.24. The van der Waals surface area contributed by atoms with Crippen molar-refractivity contribution in [1.29, 1.82) is 0 Å². The average molecular weight is 412 g/mol. The first-order chi connectivity index (χ1) is 13.9. The van der Waals surface area contributed by atoms with Gasteiger partial charge < -0.3 is 0 Å². The van der Waals surface area contributed by atoms with E-state index in [1.807, 2.05) is 19.1 Å². The van der Waals surface area contributed by atoms with Crippen molar-refractivity contribution >= 4 is 26.6 Å². The quantitative estimate of drug-likeness (QED) is 0.634. The Morgan fingerprint density at radius 3 is 2.52 bits per heavy atom. The number of fused-ring (bicyclic) bond motifs is 1. The second-order valence-corrected chi connectivity index (χ2v) is 9.06. The van der Waals surface area contributed by atoms with E-state index in [-0.39, 0.29) is 16.6 Å². The molecule has 0 atom stereocenters. The van der Waals surface area contributed by atoms with Gasteiger partial charge in [0.05, 0.1) is 4.90 Å². The lowest BCUT2D eigenvalue weighted by molar-refractivity contribution is 0.562. The summed E-state index contributed by atoms with van der Waals surface area (Å²) in [6, 6.07) is 13.6. The molecule has 0 saturated heterocycles. The third-order valence-corrected chi connectivity index (χ3v) is 6.64. The highest BCUT2D eigenvalue weighted by molar-refractivity contribution is 7.89. The van der Waals surface area contributed by atoms with Crippen molar-refractivity contribution in [2.75, 3.05) is 0 Å². The van der Waals surface area contributed by atoms with Gasteiger partial charge in [0, 0.05) is 17.3 Å². The Kier molecular flexibility index (Phi) is 5.32. The SMILES string of the molecule is Cc1ccc(S(=O)(=O)NN=C2CCC(c3ccnc4c(F)cccc34)CC2)cc1. The molecular weight excluding hydrogens is 389 g/mol. The number of sulfonamides is 1. The number of halogens is 1. The van der Waals surface area contributed by atoms with Crippen LogP contribution >= 0.6 is 0 Å². The van der Waals surface area contributed by atoms with Crippen LogP contribution in [-0.4, -0.2) is 19.1 Å². The maximum absolute atomic E-state index is 14.0. The summed E-state index contributed by atoms with van der Waals surface area (Å²) in [6.45, 7) is 1.91. The fraction of sp³-hybridized carbons (Fsp3) is 0.273. The maximum atomic E-state index is 14.0. The minimum atomic E-state index is -3.66. The molecule has 4 rings (SSSR count). The van der Waals surface area contributed by atoms with Crippen LogP contribution < -0.4 is 4.83 Å². The first-order valence-corrected chi connectivity index (χ1v) is 11.1. The normalized spacial score (nSPS) is 17.3. The second-order valence-electron chi connectivity index (χ2n) is 7.40. The van der Waals surface area contributed by atoms with Crippen molar-refractivity contribution < 1.29 is 12.8 Å². The minimum absolute atomic E-state index is 0.200. The molecule has 1 aliphatic rings. The van der Waals surface area contributed by atoms with Gasteiger partial charge in [-0.3, -0.25) is 4.98 Å². The van der Waals surface area contributed by atoms with Crippen LogP contribution in [0.2, 0.25) is 0 Å². The van der Waals surface area contributed by atoms with Gasteiger partial charge in [0.1, 0.15) is 11.3 Å². The zero-order valence-electron chi connectivity index (χ0n) is 16.1. The van der Waals surface area contributed by atoms with Crippen LogP contribution in [0, 0.1) is 12.7 Å². The van der Waals surface area contributed by atoms with Gasteiger partial charge in [0.2, 0.25) is 0 Å². The van der Waals surface area contributed by atoms with Crippen LogP contribution in [0.25, 0.3) is 10.9 Å². The van der Waals surface area contributed by atoms with Crippen molar-refractivity contribution in [2.45, 2.75) is 43.4 Å². The van der Waals surface area contributed by atoms with Crippen LogP contribution in [0.3, 0.4) is 0 Å². The van der Waals surface area contributed by atoms with Crippen LogP contribution in [0.4, 0.5) is 4.39 Å². The van der Waals surface area contributed by atoms with Gasteiger partial charge in [0.15, 0.2) is 0 Å². The molecule has 1 saturated carbocycles. The molecule has 1 N–H and O–H groups in total. The van der Waals surface area contributed by atoms with E-state index in [0.29, 0.717) is 18.4 Å². The van der Waals surface area contributed by atoms with Gasteiger partial charge in [-0.1, -0.05) is 29.8 Å². The molecule has 0 aliphatic heterocycles. The molecule has 1 heterocycles. The Morgan fingerprint density at radius 2 is 1.79 bits per heavy atom. The summed E-state index contributed by atoms with van der Waals surface area (Å²) >= 11 is 0. The van der Waals surface area contributed by atoms with Crippen molar-refractivity contribution in [1.82, 2.24) is 9.82 Å². The van der Waals surface area contributed by atoms with Crippen LogP contribution in [-0.2, 0) is 10.0 Å². The first kappa shape index (κ1) is 19.5. The van der Waals surface area contributed by atoms with E-state index in [4.69, 9.17) is 0 Å². The monoisotopic (exact) mass is 411 g/mol. The van der Waals surface area contributed by atoms with Gasteiger partial charge in [-0.15, -0.1) is 0 Å². The highest BCUT2D eigenvalue weighted by Gasteiger charge is 2.22. The number of hydrogen-bond acceptors (Lipinski definition) is 4. The number of aromatic nitrogens is 1. The third kappa shape index (κ3) is 4.15. The molecule has 29 heavy (non-hydrogen) atoms. The molecule has 150 valence electrons. The van der Waals surface area contributed by atoms with Gasteiger partial charge in [0.25, 0.3) is 10.0 Å². The zero-order chi connectivity index (χ0) is 20.4. The average Bonchev–Trinajstić information content (AvgIpc) is 2.73. The van der Waals surface area contributed by atoms with Gasteiger partial charge in [-0.2, -0.15) is 13.5 Å².